The highest BCUT2D eigenvalue weighted by atomic mass is 16.5. The van der Waals surface area contributed by atoms with Gasteiger partial charge in [0.05, 0.1) is 16.9 Å². The molecule has 4 aromatic rings. The Bertz CT molecular complexity index is 1150. The van der Waals surface area contributed by atoms with E-state index in [0.29, 0.717) is 17.0 Å². The summed E-state index contributed by atoms with van der Waals surface area (Å²) < 4.78 is 6.51. The second-order valence-electron chi connectivity index (χ2n) is 6.28. The minimum Gasteiger partial charge on any atom is -0.351 e. The van der Waals surface area contributed by atoms with Crippen LogP contribution in [0.4, 0.5) is 0 Å². The Morgan fingerprint density at radius 1 is 0.931 bits per heavy atom. The molecule has 29 heavy (non-hydrogen) atoms. The summed E-state index contributed by atoms with van der Waals surface area (Å²) in [7, 11) is 0. The van der Waals surface area contributed by atoms with Gasteiger partial charge in [0.25, 0.3) is 5.91 Å². The summed E-state index contributed by atoms with van der Waals surface area (Å²) >= 11 is 0. The molecule has 4 rings (SSSR count). The summed E-state index contributed by atoms with van der Waals surface area (Å²) in [5, 5.41) is 8.23. The molecule has 2 heterocycles. The van der Waals surface area contributed by atoms with Crippen molar-refractivity contribution in [3.63, 3.8) is 0 Å². The fraction of sp³-hybridized carbons (Fsp3) is 0.0476. The number of nitrogens with one attached hydrogen (secondary N) is 2. The van der Waals surface area contributed by atoms with Crippen molar-refractivity contribution in [3.05, 3.63) is 89.9 Å². The van der Waals surface area contributed by atoms with Crippen LogP contribution in [0.15, 0.2) is 77.4 Å². The number of benzene rings is 2. The number of carbonyl (C=O) groups is 2. The van der Waals surface area contributed by atoms with Crippen LogP contribution in [0.25, 0.3) is 16.9 Å². The third-order valence-electron chi connectivity index (χ3n) is 4.17. The van der Waals surface area contributed by atoms with Crippen molar-refractivity contribution in [1.29, 1.82) is 0 Å². The van der Waals surface area contributed by atoms with Gasteiger partial charge in [-0.2, -0.15) is 5.10 Å². The minimum absolute atomic E-state index is 0.00561. The average molecular weight is 387 g/mol. The van der Waals surface area contributed by atoms with E-state index in [-0.39, 0.29) is 5.76 Å². The molecular weight excluding hydrogens is 370 g/mol. The van der Waals surface area contributed by atoms with Crippen molar-refractivity contribution >= 4 is 11.8 Å². The predicted molar refractivity (Wildman–Crippen MR) is 105 cm³/mol. The van der Waals surface area contributed by atoms with Crippen molar-refractivity contribution in [3.8, 4) is 16.9 Å². The molecule has 0 atom stereocenters. The van der Waals surface area contributed by atoms with Crippen LogP contribution >= 0.6 is 0 Å². The minimum atomic E-state index is -0.601. The lowest BCUT2D eigenvalue weighted by atomic mass is 10.1. The van der Waals surface area contributed by atoms with E-state index in [9.17, 15) is 9.59 Å². The van der Waals surface area contributed by atoms with Crippen LogP contribution in [0, 0.1) is 6.92 Å². The van der Waals surface area contributed by atoms with Crippen molar-refractivity contribution in [1.82, 2.24) is 25.8 Å². The third-order valence-corrected chi connectivity index (χ3v) is 4.17. The molecule has 0 aliphatic carbocycles. The van der Waals surface area contributed by atoms with Gasteiger partial charge in [0, 0.05) is 17.8 Å². The van der Waals surface area contributed by atoms with E-state index in [1.54, 1.807) is 17.8 Å². The molecular formula is C21H17N5O3. The SMILES string of the molecule is Cc1cc(C(=O)NNC(=O)c2cn(-c3ccccc3)nc2-c2ccccc2)on1. The highest BCUT2D eigenvalue weighted by molar-refractivity contribution is 6.01. The van der Waals surface area contributed by atoms with Crippen molar-refractivity contribution < 1.29 is 14.1 Å². The number of hydrogen-bond acceptors (Lipinski definition) is 5. The number of hydrazine groups is 1. The molecule has 0 bridgehead atoms. The molecule has 0 unspecified atom stereocenters. The molecule has 0 spiro atoms. The maximum absolute atomic E-state index is 12.8. The van der Waals surface area contributed by atoms with E-state index < -0.39 is 11.8 Å². The molecule has 0 fully saturated rings. The van der Waals surface area contributed by atoms with Crippen LogP contribution in [0.3, 0.4) is 0 Å². The summed E-state index contributed by atoms with van der Waals surface area (Å²) in [5.74, 6) is -1.10. The standard InChI is InChI=1S/C21H17N5O3/c1-14-12-18(29-25-14)21(28)23-22-20(27)17-13-26(16-10-6-3-7-11-16)24-19(17)15-8-4-2-5-9-15/h2-13H,1H3,(H,22,27)(H,23,28). The summed E-state index contributed by atoms with van der Waals surface area (Å²) in [6, 6.07) is 20.3. The molecule has 0 saturated heterocycles. The summed E-state index contributed by atoms with van der Waals surface area (Å²) in [4.78, 5) is 24.9. The van der Waals surface area contributed by atoms with E-state index in [1.165, 1.54) is 6.07 Å². The lowest BCUT2D eigenvalue weighted by Gasteiger charge is -2.05. The monoisotopic (exact) mass is 387 g/mol. The molecule has 8 nitrogen and oxygen atoms in total. The van der Waals surface area contributed by atoms with Gasteiger partial charge in [0.1, 0.15) is 5.69 Å². The number of aromatic nitrogens is 3. The first-order chi connectivity index (χ1) is 14.1. The van der Waals surface area contributed by atoms with Gasteiger partial charge >= 0.3 is 5.91 Å². The van der Waals surface area contributed by atoms with E-state index in [1.807, 2.05) is 60.7 Å². The van der Waals surface area contributed by atoms with E-state index >= 15 is 0 Å². The van der Waals surface area contributed by atoms with Crippen LogP contribution in [-0.2, 0) is 0 Å². The zero-order valence-corrected chi connectivity index (χ0v) is 15.5. The molecule has 8 heteroatoms. The van der Waals surface area contributed by atoms with Gasteiger partial charge in [-0.25, -0.2) is 4.68 Å². The molecule has 2 aromatic heterocycles. The van der Waals surface area contributed by atoms with E-state index in [4.69, 9.17) is 4.52 Å². The Morgan fingerprint density at radius 3 is 2.24 bits per heavy atom. The number of carbonyl (C=O) groups excluding carboxylic acids is 2. The van der Waals surface area contributed by atoms with E-state index in [2.05, 4.69) is 21.1 Å². The number of para-hydroxylation sites is 1. The fourth-order valence-electron chi connectivity index (χ4n) is 2.78. The van der Waals surface area contributed by atoms with Crippen molar-refractivity contribution in [2.24, 2.45) is 0 Å². The Balaban J connectivity index is 1.62. The average Bonchev–Trinajstić information content (AvgIpc) is 3.40. The zero-order valence-electron chi connectivity index (χ0n) is 15.5. The maximum atomic E-state index is 12.8. The van der Waals surface area contributed by atoms with Gasteiger partial charge in [-0.05, 0) is 19.1 Å². The first-order valence-electron chi connectivity index (χ1n) is 8.86. The largest absolute Gasteiger partial charge is 0.351 e. The Kier molecular flexibility index (Phi) is 4.90. The van der Waals surface area contributed by atoms with Gasteiger partial charge in [-0.1, -0.05) is 53.7 Å². The second kappa shape index (κ2) is 7.81. The van der Waals surface area contributed by atoms with Crippen LogP contribution in [0.2, 0.25) is 0 Å². The van der Waals surface area contributed by atoms with Gasteiger partial charge < -0.3 is 4.52 Å². The Labute approximate surface area is 166 Å². The first kappa shape index (κ1) is 18.2. The van der Waals surface area contributed by atoms with Crippen LogP contribution in [0.1, 0.15) is 26.6 Å². The molecule has 2 aromatic carbocycles. The molecule has 0 aliphatic rings. The van der Waals surface area contributed by atoms with Gasteiger partial charge in [-0.3, -0.25) is 20.4 Å². The molecule has 0 radical (unpaired) electrons. The summed E-state index contributed by atoms with van der Waals surface area (Å²) in [5.41, 5.74) is 7.70. The maximum Gasteiger partial charge on any atom is 0.308 e. The summed E-state index contributed by atoms with van der Waals surface area (Å²) in [6.45, 7) is 1.70. The van der Waals surface area contributed by atoms with Crippen LogP contribution in [0.5, 0.6) is 0 Å². The van der Waals surface area contributed by atoms with Crippen LogP contribution < -0.4 is 10.9 Å². The number of rotatable bonds is 4. The molecule has 2 N–H and O–H groups in total. The molecule has 0 aliphatic heterocycles. The third kappa shape index (κ3) is 3.91. The highest BCUT2D eigenvalue weighted by Gasteiger charge is 2.20. The molecule has 144 valence electrons. The smallest absolute Gasteiger partial charge is 0.308 e. The van der Waals surface area contributed by atoms with Gasteiger partial charge in [0.2, 0.25) is 5.76 Å². The topological polar surface area (TPSA) is 102 Å². The van der Waals surface area contributed by atoms with Gasteiger partial charge in [-0.15, -0.1) is 0 Å². The fourth-order valence-corrected chi connectivity index (χ4v) is 2.78. The Hall–Kier alpha value is -4.20. The quantitative estimate of drug-likeness (QED) is 0.524. The lowest BCUT2D eigenvalue weighted by molar-refractivity contribution is 0.0825. The van der Waals surface area contributed by atoms with E-state index in [0.717, 1.165) is 11.3 Å². The highest BCUT2D eigenvalue weighted by Crippen LogP contribution is 2.23. The van der Waals surface area contributed by atoms with Crippen molar-refractivity contribution in [2.75, 3.05) is 0 Å². The second-order valence-corrected chi connectivity index (χ2v) is 6.28. The van der Waals surface area contributed by atoms with Crippen LogP contribution in [-0.4, -0.2) is 26.8 Å². The lowest BCUT2D eigenvalue weighted by Crippen LogP contribution is -2.41. The number of aryl methyl sites for hydroxylation is 1. The Morgan fingerprint density at radius 2 is 1.59 bits per heavy atom. The summed E-state index contributed by atoms with van der Waals surface area (Å²) in [6.07, 6.45) is 1.62. The molecule has 2 amide bonds. The zero-order chi connectivity index (χ0) is 20.2. The number of amides is 2. The molecule has 0 saturated carbocycles. The normalized spacial score (nSPS) is 10.5. The predicted octanol–water partition coefficient (Wildman–Crippen LogP) is 2.91. The first-order valence-corrected chi connectivity index (χ1v) is 8.86. The van der Waals surface area contributed by atoms with Gasteiger partial charge in [0.15, 0.2) is 0 Å². The number of hydrogen-bond donors (Lipinski definition) is 2. The van der Waals surface area contributed by atoms with Crippen molar-refractivity contribution in [2.45, 2.75) is 6.92 Å². The number of nitrogens with zero attached hydrogens (tertiary/aromatic N) is 3.